The van der Waals surface area contributed by atoms with E-state index in [2.05, 4.69) is 25.8 Å². The Morgan fingerprint density at radius 2 is 2.00 bits per heavy atom. The van der Waals surface area contributed by atoms with E-state index in [0.717, 1.165) is 5.56 Å². The van der Waals surface area contributed by atoms with E-state index in [-0.39, 0.29) is 24.8 Å². The molecule has 2 aromatic heterocycles. The number of nitrogens with zero attached hydrogens (tertiary/aromatic N) is 3. The fraction of sp³-hybridized carbons (Fsp3) is 0.188. The molecular weight excluding hydrogens is 342 g/mol. The van der Waals surface area contributed by atoms with Crippen molar-refractivity contribution in [2.45, 2.75) is 19.9 Å². The summed E-state index contributed by atoms with van der Waals surface area (Å²) < 4.78 is 5.13. The minimum atomic E-state index is -0.223. The van der Waals surface area contributed by atoms with Crippen molar-refractivity contribution < 1.29 is 14.1 Å². The van der Waals surface area contributed by atoms with Crippen molar-refractivity contribution >= 4 is 28.3 Å². The zero-order chi connectivity index (χ0) is 17.6. The second-order valence-electron chi connectivity index (χ2n) is 5.16. The van der Waals surface area contributed by atoms with Crippen LogP contribution in [0.4, 0.5) is 5.13 Å². The normalized spacial score (nSPS) is 10.4. The van der Waals surface area contributed by atoms with Gasteiger partial charge in [0.25, 0.3) is 0 Å². The summed E-state index contributed by atoms with van der Waals surface area (Å²) in [6, 6.07) is 9.43. The third-order valence-corrected chi connectivity index (χ3v) is 3.92. The van der Waals surface area contributed by atoms with Crippen molar-refractivity contribution in [2.75, 3.05) is 5.32 Å². The molecule has 0 radical (unpaired) electrons. The number of anilines is 1. The summed E-state index contributed by atoms with van der Waals surface area (Å²) >= 11 is 1.27. The van der Waals surface area contributed by atoms with Gasteiger partial charge in [0.05, 0.1) is 18.7 Å². The number of nitrogens with one attached hydrogen (secondary N) is 2. The highest BCUT2D eigenvalue weighted by molar-refractivity contribution is 7.13. The number of benzene rings is 1. The Morgan fingerprint density at radius 1 is 1.20 bits per heavy atom. The van der Waals surface area contributed by atoms with Crippen LogP contribution in [0.1, 0.15) is 18.5 Å². The third-order valence-electron chi connectivity index (χ3n) is 3.11. The second-order valence-corrected chi connectivity index (χ2v) is 6.01. The molecule has 0 saturated heterocycles. The lowest BCUT2D eigenvalue weighted by Gasteiger charge is -2.00. The smallest absolute Gasteiger partial charge is 0.246 e. The molecule has 0 fully saturated rings. The molecule has 3 aromatic rings. The van der Waals surface area contributed by atoms with E-state index in [4.69, 9.17) is 4.52 Å². The van der Waals surface area contributed by atoms with Gasteiger partial charge in [-0.05, 0) is 0 Å². The second kappa shape index (κ2) is 7.67. The zero-order valence-corrected chi connectivity index (χ0v) is 14.2. The molecular formula is C16H15N5O3S. The molecule has 0 aliphatic heterocycles. The first kappa shape index (κ1) is 16.8. The Labute approximate surface area is 147 Å². The summed E-state index contributed by atoms with van der Waals surface area (Å²) in [5, 5.41) is 11.4. The Bertz CT molecular complexity index is 875. The van der Waals surface area contributed by atoms with Crippen molar-refractivity contribution in [1.29, 1.82) is 0 Å². The number of amides is 2. The van der Waals surface area contributed by atoms with Crippen molar-refractivity contribution in [3.8, 4) is 11.4 Å². The molecule has 9 heteroatoms. The monoisotopic (exact) mass is 357 g/mol. The van der Waals surface area contributed by atoms with Crippen LogP contribution in [0.15, 0.2) is 40.2 Å². The van der Waals surface area contributed by atoms with Gasteiger partial charge in [-0.3, -0.25) is 9.59 Å². The maximum atomic E-state index is 12.0. The van der Waals surface area contributed by atoms with Crippen molar-refractivity contribution in [3.05, 3.63) is 47.3 Å². The predicted molar refractivity (Wildman–Crippen MR) is 91.7 cm³/mol. The summed E-state index contributed by atoms with van der Waals surface area (Å²) in [5.41, 5.74) is 1.43. The van der Waals surface area contributed by atoms with Crippen LogP contribution in [0.25, 0.3) is 11.4 Å². The van der Waals surface area contributed by atoms with Crippen LogP contribution in [0, 0.1) is 0 Å². The quantitative estimate of drug-likeness (QED) is 0.698. The van der Waals surface area contributed by atoms with Crippen LogP contribution in [-0.2, 0) is 22.6 Å². The number of thiazole rings is 1. The minimum absolute atomic E-state index is 0.107. The molecule has 2 heterocycles. The molecule has 0 aliphatic carbocycles. The van der Waals surface area contributed by atoms with E-state index in [1.54, 1.807) is 5.38 Å². The average Bonchev–Trinajstić information content (AvgIpc) is 3.23. The fourth-order valence-electron chi connectivity index (χ4n) is 2.03. The van der Waals surface area contributed by atoms with Gasteiger partial charge in [0.2, 0.25) is 23.5 Å². The summed E-state index contributed by atoms with van der Waals surface area (Å²) in [6.07, 6.45) is 0.107. The molecule has 25 heavy (non-hydrogen) atoms. The Balaban J connectivity index is 1.52. The zero-order valence-electron chi connectivity index (χ0n) is 13.4. The molecule has 0 bridgehead atoms. The summed E-state index contributed by atoms with van der Waals surface area (Å²) in [4.78, 5) is 31.3. The number of hydrogen-bond acceptors (Lipinski definition) is 7. The molecule has 0 spiro atoms. The SMILES string of the molecule is CC(=O)Nc1nc(CC(=O)NCc2nc(-c3ccccc3)no2)cs1. The lowest BCUT2D eigenvalue weighted by molar-refractivity contribution is -0.120. The van der Waals surface area contributed by atoms with E-state index >= 15 is 0 Å². The number of hydrogen-bond donors (Lipinski definition) is 2. The average molecular weight is 357 g/mol. The molecule has 2 N–H and O–H groups in total. The standard InChI is InChI=1S/C16H15N5O3S/c1-10(22)18-16-19-12(9-25-16)7-13(23)17-8-14-20-15(21-24-14)11-5-3-2-4-6-11/h2-6,9H,7-8H2,1H3,(H,17,23)(H,18,19,22). The summed E-state index contributed by atoms with van der Waals surface area (Å²) in [5.74, 6) is 0.379. The van der Waals surface area contributed by atoms with E-state index < -0.39 is 0 Å². The van der Waals surface area contributed by atoms with Crippen molar-refractivity contribution in [2.24, 2.45) is 0 Å². The van der Waals surface area contributed by atoms with Crippen molar-refractivity contribution in [3.63, 3.8) is 0 Å². The van der Waals surface area contributed by atoms with E-state index in [1.165, 1.54) is 18.3 Å². The maximum Gasteiger partial charge on any atom is 0.246 e. The first-order chi connectivity index (χ1) is 12.1. The van der Waals surface area contributed by atoms with Crippen LogP contribution in [0.3, 0.4) is 0 Å². The van der Waals surface area contributed by atoms with Gasteiger partial charge in [-0.25, -0.2) is 4.98 Å². The Hall–Kier alpha value is -3.07. The third kappa shape index (κ3) is 4.70. The molecule has 2 amide bonds. The van der Waals surface area contributed by atoms with Crippen molar-refractivity contribution in [1.82, 2.24) is 20.4 Å². The van der Waals surface area contributed by atoms with Gasteiger partial charge in [0.1, 0.15) is 0 Å². The van der Waals surface area contributed by atoms with Crippen LogP contribution < -0.4 is 10.6 Å². The van der Waals surface area contributed by atoms with Gasteiger partial charge in [-0.15, -0.1) is 11.3 Å². The highest BCUT2D eigenvalue weighted by Crippen LogP contribution is 2.16. The molecule has 0 saturated carbocycles. The largest absolute Gasteiger partial charge is 0.347 e. The van der Waals surface area contributed by atoms with Crippen LogP contribution >= 0.6 is 11.3 Å². The lowest BCUT2D eigenvalue weighted by atomic mass is 10.2. The van der Waals surface area contributed by atoms with Crippen LogP contribution in [-0.4, -0.2) is 26.9 Å². The lowest BCUT2D eigenvalue weighted by Crippen LogP contribution is -2.24. The summed E-state index contributed by atoms with van der Waals surface area (Å²) in [7, 11) is 0. The van der Waals surface area contributed by atoms with Gasteiger partial charge in [0.15, 0.2) is 5.13 Å². The van der Waals surface area contributed by atoms with Gasteiger partial charge < -0.3 is 15.2 Å². The van der Waals surface area contributed by atoms with Crippen LogP contribution in [0.5, 0.6) is 0 Å². The van der Waals surface area contributed by atoms with E-state index in [0.29, 0.717) is 22.5 Å². The van der Waals surface area contributed by atoms with E-state index in [9.17, 15) is 9.59 Å². The summed E-state index contributed by atoms with van der Waals surface area (Å²) in [6.45, 7) is 1.54. The van der Waals surface area contributed by atoms with Crippen LogP contribution in [0.2, 0.25) is 0 Å². The number of carbonyl (C=O) groups is 2. The number of carbonyl (C=O) groups excluding carboxylic acids is 2. The molecule has 8 nitrogen and oxygen atoms in total. The first-order valence-electron chi connectivity index (χ1n) is 7.47. The van der Waals surface area contributed by atoms with E-state index in [1.807, 2.05) is 30.3 Å². The molecule has 128 valence electrons. The fourth-order valence-corrected chi connectivity index (χ4v) is 2.78. The van der Waals surface area contributed by atoms with Gasteiger partial charge in [0, 0.05) is 17.9 Å². The molecule has 0 atom stereocenters. The Kier molecular flexibility index (Phi) is 5.14. The molecule has 1 aromatic carbocycles. The Morgan fingerprint density at radius 3 is 2.76 bits per heavy atom. The van der Waals surface area contributed by atoms with Gasteiger partial charge >= 0.3 is 0 Å². The molecule has 0 aliphatic rings. The molecule has 3 rings (SSSR count). The predicted octanol–water partition coefficient (Wildman–Crippen LogP) is 2.01. The number of aromatic nitrogens is 3. The topological polar surface area (TPSA) is 110 Å². The number of rotatable bonds is 6. The highest BCUT2D eigenvalue weighted by Gasteiger charge is 2.11. The molecule has 0 unspecified atom stereocenters. The first-order valence-corrected chi connectivity index (χ1v) is 8.35. The minimum Gasteiger partial charge on any atom is -0.347 e. The highest BCUT2D eigenvalue weighted by atomic mass is 32.1. The maximum absolute atomic E-state index is 12.0. The van der Waals surface area contributed by atoms with Gasteiger partial charge in [-0.1, -0.05) is 35.5 Å². The van der Waals surface area contributed by atoms with Gasteiger partial charge in [-0.2, -0.15) is 4.98 Å².